The fourth-order valence-corrected chi connectivity index (χ4v) is 1.87. The van der Waals surface area contributed by atoms with Crippen LogP contribution in [0.2, 0.25) is 0 Å². The summed E-state index contributed by atoms with van der Waals surface area (Å²) in [5.41, 5.74) is 11.8. The molecule has 0 saturated carbocycles. The first-order valence-electron chi connectivity index (χ1n) is 6.20. The third-order valence-corrected chi connectivity index (χ3v) is 2.84. The number of unbranched alkanes of at least 4 members (excludes halogenated alkanes) is 1. The summed E-state index contributed by atoms with van der Waals surface area (Å²) in [6.07, 6.45) is 4.10. The summed E-state index contributed by atoms with van der Waals surface area (Å²) < 4.78 is 0. The second-order valence-electron chi connectivity index (χ2n) is 4.46. The molecule has 1 unspecified atom stereocenters. The van der Waals surface area contributed by atoms with Gasteiger partial charge in [0.05, 0.1) is 0 Å². The normalized spacial score (nSPS) is 12.6. The number of nitrogens with one attached hydrogen (secondary N) is 1. The molecule has 0 saturated heterocycles. The summed E-state index contributed by atoms with van der Waals surface area (Å²) in [6.45, 7) is 2.38. The quantitative estimate of drug-likeness (QED) is 0.363. The second-order valence-corrected chi connectivity index (χ2v) is 4.46. The first-order valence-corrected chi connectivity index (χ1v) is 6.20. The van der Waals surface area contributed by atoms with Crippen molar-refractivity contribution in [3.05, 3.63) is 21.6 Å². The zero-order valence-electron chi connectivity index (χ0n) is 10.7. The fourth-order valence-electron chi connectivity index (χ4n) is 1.87. The maximum Gasteiger partial charge on any atom is 0.343 e. The molecule has 1 rings (SSSR count). The predicted molar refractivity (Wildman–Crippen MR) is 69.2 cm³/mol. The highest BCUT2D eigenvalue weighted by Crippen LogP contribution is 2.17. The number of hydrogen-bond acceptors (Lipinski definition) is 5. The Kier molecular flexibility index (Phi) is 5.73. The lowest BCUT2D eigenvalue weighted by Gasteiger charge is -2.09. The van der Waals surface area contributed by atoms with Crippen LogP contribution in [0, 0.1) is 17.0 Å². The van der Waals surface area contributed by atoms with E-state index in [9.17, 15) is 10.1 Å². The first-order chi connectivity index (χ1) is 8.54. The average molecular weight is 255 g/mol. The van der Waals surface area contributed by atoms with Crippen molar-refractivity contribution < 1.29 is 4.92 Å². The summed E-state index contributed by atoms with van der Waals surface area (Å²) >= 11 is 0. The number of aromatic nitrogens is 2. The number of imidazole rings is 1. The van der Waals surface area contributed by atoms with Gasteiger partial charge in [-0.3, -0.25) is 0 Å². The van der Waals surface area contributed by atoms with Crippen molar-refractivity contribution in [3.63, 3.8) is 0 Å². The number of aryl methyl sites for hydroxylation is 2. The lowest BCUT2D eigenvalue weighted by molar-refractivity contribution is -0.390. The van der Waals surface area contributed by atoms with Gasteiger partial charge in [0.2, 0.25) is 0 Å². The molecule has 102 valence electrons. The van der Waals surface area contributed by atoms with E-state index in [1.807, 2.05) is 0 Å². The molecule has 0 amide bonds. The van der Waals surface area contributed by atoms with Crippen molar-refractivity contribution in [2.75, 3.05) is 6.54 Å². The van der Waals surface area contributed by atoms with Crippen molar-refractivity contribution >= 4 is 5.82 Å². The standard InChI is InChI=1S/C11H21N5O2/c1-8-14-10(11(15-8)16(17)18)6-5-9(13)4-2-3-7-12/h9H,2-7,12-13H2,1H3,(H,14,15). The molecule has 0 aromatic carbocycles. The van der Waals surface area contributed by atoms with E-state index in [-0.39, 0.29) is 11.9 Å². The Labute approximate surface area is 106 Å². The highest BCUT2D eigenvalue weighted by molar-refractivity contribution is 5.28. The van der Waals surface area contributed by atoms with Gasteiger partial charge in [0.25, 0.3) is 0 Å². The van der Waals surface area contributed by atoms with E-state index in [0.29, 0.717) is 30.9 Å². The summed E-state index contributed by atoms with van der Waals surface area (Å²) in [4.78, 5) is 17.1. The summed E-state index contributed by atoms with van der Waals surface area (Å²) in [5, 5.41) is 10.8. The van der Waals surface area contributed by atoms with Crippen LogP contribution >= 0.6 is 0 Å². The maximum atomic E-state index is 10.8. The molecule has 0 aliphatic rings. The molecule has 1 aromatic rings. The Balaban J connectivity index is 2.45. The summed E-state index contributed by atoms with van der Waals surface area (Å²) in [6, 6.07) is 0.0492. The molecule has 1 atom stereocenters. The Bertz CT molecular complexity index is 391. The van der Waals surface area contributed by atoms with Gasteiger partial charge in [-0.2, -0.15) is 0 Å². The molecule has 0 aliphatic heterocycles. The van der Waals surface area contributed by atoms with Crippen molar-refractivity contribution in [1.29, 1.82) is 0 Å². The van der Waals surface area contributed by atoms with Crippen LogP contribution in [0.1, 0.15) is 37.2 Å². The first kappa shape index (κ1) is 14.6. The summed E-state index contributed by atoms with van der Waals surface area (Å²) in [5.74, 6) is 0.551. The van der Waals surface area contributed by atoms with Gasteiger partial charge in [-0.1, -0.05) is 6.42 Å². The SMILES string of the molecule is Cc1nc(CCC(N)CCCCN)c([N+](=O)[O-])[nH]1. The van der Waals surface area contributed by atoms with Gasteiger partial charge in [-0.15, -0.1) is 0 Å². The lowest BCUT2D eigenvalue weighted by atomic mass is 10.0. The van der Waals surface area contributed by atoms with Crippen LogP contribution in [0.4, 0.5) is 5.82 Å². The largest absolute Gasteiger partial charge is 0.358 e. The number of rotatable bonds is 8. The van der Waals surface area contributed by atoms with Crippen LogP contribution in [-0.2, 0) is 6.42 Å². The third kappa shape index (κ3) is 4.42. The minimum atomic E-state index is -0.435. The van der Waals surface area contributed by atoms with Crippen molar-refractivity contribution in [1.82, 2.24) is 9.97 Å². The molecule has 5 N–H and O–H groups in total. The Hall–Kier alpha value is -1.47. The molecule has 7 heteroatoms. The zero-order valence-corrected chi connectivity index (χ0v) is 10.7. The molecule has 7 nitrogen and oxygen atoms in total. The van der Waals surface area contributed by atoms with Gasteiger partial charge in [0.1, 0.15) is 5.69 Å². The highest BCUT2D eigenvalue weighted by atomic mass is 16.6. The number of hydrogen-bond donors (Lipinski definition) is 3. The van der Waals surface area contributed by atoms with Crippen LogP contribution in [0.5, 0.6) is 0 Å². The van der Waals surface area contributed by atoms with E-state index < -0.39 is 4.92 Å². The summed E-state index contributed by atoms with van der Waals surface area (Å²) in [7, 11) is 0. The smallest absolute Gasteiger partial charge is 0.343 e. The third-order valence-electron chi connectivity index (χ3n) is 2.84. The van der Waals surface area contributed by atoms with Crippen molar-refractivity contribution in [2.24, 2.45) is 11.5 Å². The van der Waals surface area contributed by atoms with E-state index in [1.54, 1.807) is 6.92 Å². The van der Waals surface area contributed by atoms with E-state index in [2.05, 4.69) is 9.97 Å². The highest BCUT2D eigenvalue weighted by Gasteiger charge is 2.18. The lowest BCUT2D eigenvalue weighted by Crippen LogP contribution is -2.21. The van der Waals surface area contributed by atoms with E-state index >= 15 is 0 Å². The number of aromatic amines is 1. The second kappa shape index (κ2) is 7.07. The molecule has 0 fully saturated rings. The number of nitrogens with two attached hydrogens (primary N) is 2. The van der Waals surface area contributed by atoms with Gasteiger partial charge >= 0.3 is 5.82 Å². The minimum Gasteiger partial charge on any atom is -0.358 e. The van der Waals surface area contributed by atoms with Crippen molar-refractivity contribution in [3.8, 4) is 0 Å². The maximum absolute atomic E-state index is 10.8. The van der Waals surface area contributed by atoms with Gasteiger partial charge < -0.3 is 21.6 Å². The van der Waals surface area contributed by atoms with E-state index in [4.69, 9.17) is 11.5 Å². The molecule has 1 heterocycles. The monoisotopic (exact) mass is 255 g/mol. The van der Waals surface area contributed by atoms with Gasteiger partial charge in [-0.05, 0) is 37.2 Å². The van der Waals surface area contributed by atoms with Crippen molar-refractivity contribution in [2.45, 2.75) is 45.1 Å². The minimum absolute atomic E-state index is 0.0124. The Morgan fingerprint density at radius 2 is 2.17 bits per heavy atom. The zero-order chi connectivity index (χ0) is 13.5. The molecule has 0 radical (unpaired) electrons. The fraction of sp³-hybridized carbons (Fsp3) is 0.727. The molecule has 0 spiro atoms. The number of nitrogens with zero attached hydrogens (tertiary/aromatic N) is 2. The molecular weight excluding hydrogens is 234 g/mol. The Morgan fingerprint density at radius 3 is 2.78 bits per heavy atom. The van der Waals surface area contributed by atoms with Crippen LogP contribution < -0.4 is 11.5 Å². The molecule has 0 bridgehead atoms. The topological polar surface area (TPSA) is 124 Å². The van der Waals surface area contributed by atoms with Gasteiger partial charge in [-0.25, -0.2) is 9.97 Å². The predicted octanol–water partition coefficient (Wildman–Crippen LogP) is 1.02. The number of H-pyrrole nitrogens is 1. The van der Waals surface area contributed by atoms with Crippen LogP contribution in [0.3, 0.4) is 0 Å². The Morgan fingerprint density at radius 1 is 1.44 bits per heavy atom. The van der Waals surface area contributed by atoms with Crippen LogP contribution in [0.25, 0.3) is 0 Å². The van der Waals surface area contributed by atoms with E-state index in [0.717, 1.165) is 19.3 Å². The molecular formula is C11H21N5O2. The van der Waals surface area contributed by atoms with Crippen LogP contribution in [0.15, 0.2) is 0 Å². The van der Waals surface area contributed by atoms with Crippen LogP contribution in [-0.4, -0.2) is 27.5 Å². The van der Waals surface area contributed by atoms with Gasteiger partial charge in [0.15, 0.2) is 5.82 Å². The van der Waals surface area contributed by atoms with Gasteiger partial charge in [0, 0.05) is 13.0 Å². The number of nitro groups is 1. The average Bonchev–Trinajstić information content (AvgIpc) is 2.68. The van der Waals surface area contributed by atoms with E-state index in [1.165, 1.54) is 0 Å². The molecule has 18 heavy (non-hydrogen) atoms. The molecule has 0 aliphatic carbocycles. The molecule has 1 aromatic heterocycles.